The van der Waals surface area contributed by atoms with Crippen molar-refractivity contribution < 1.29 is 14.3 Å². The van der Waals surface area contributed by atoms with Gasteiger partial charge in [0.1, 0.15) is 0 Å². The summed E-state index contributed by atoms with van der Waals surface area (Å²) >= 11 is 8.89. The van der Waals surface area contributed by atoms with Gasteiger partial charge in [0.05, 0.1) is 25.7 Å². The summed E-state index contributed by atoms with van der Waals surface area (Å²) in [4.78, 5) is 16.7. The molecule has 5 nitrogen and oxygen atoms in total. The number of benzene rings is 2. The second-order valence-corrected chi connectivity index (χ2v) is 8.60. The number of nitrogens with one attached hydrogen (secondary N) is 1. The lowest BCUT2D eigenvalue weighted by molar-refractivity contribution is -0.118. The maximum absolute atomic E-state index is 12.1. The Hall–Kier alpha value is -2.22. The van der Waals surface area contributed by atoms with Gasteiger partial charge < -0.3 is 14.8 Å². The Morgan fingerprint density at radius 1 is 1.14 bits per heavy atom. The third kappa shape index (κ3) is 6.13. The molecule has 152 valence electrons. The largest absolute Gasteiger partial charge is 0.493 e. The van der Waals surface area contributed by atoms with Crippen LogP contribution in [0.5, 0.6) is 11.5 Å². The second-order valence-electron chi connectivity index (χ2n) is 6.08. The molecule has 1 amide bonds. The zero-order valence-electron chi connectivity index (χ0n) is 16.1. The van der Waals surface area contributed by atoms with E-state index in [0.29, 0.717) is 35.2 Å². The minimum absolute atomic E-state index is 0.0151. The fourth-order valence-electron chi connectivity index (χ4n) is 2.64. The van der Waals surface area contributed by atoms with E-state index in [9.17, 15) is 4.79 Å². The lowest BCUT2D eigenvalue weighted by atomic mass is 10.1. The molecule has 3 aromatic rings. The molecule has 0 bridgehead atoms. The summed E-state index contributed by atoms with van der Waals surface area (Å²) in [5.74, 6) is 1.70. The molecule has 0 fully saturated rings. The topological polar surface area (TPSA) is 60.5 Å². The zero-order chi connectivity index (χ0) is 20.6. The average Bonchev–Trinajstić information content (AvgIpc) is 3.21. The average molecular weight is 449 g/mol. The summed E-state index contributed by atoms with van der Waals surface area (Å²) in [7, 11) is 3.22. The Morgan fingerprint density at radius 2 is 1.90 bits per heavy atom. The number of amides is 1. The molecule has 0 saturated carbocycles. The first-order chi connectivity index (χ1) is 14.1. The van der Waals surface area contributed by atoms with E-state index in [1.54, 1.807) is 14.2 Å². The number of halogens is 1. The highest BCUT2D eigenvalue weighted by Gasteiger charge is 2.09. The molecule has 1 heterocycles. The Balaban J connectivity index is 1.44. The van der Waals surface area contributed by atoms with E-state index in [-0.39, 0.29) is 5.91 Å². The maximum Gasteiger partial charge on any atom is 0.230 e. The lowest BCUT2D eigenvalue weighted by Gasteiger charge is -2.10. The smallest absolute Gasteiger partial charge is 0.230 e. The van der Waals surface area contributed by atoms with E-state index in [1.165, 1.54) is 23.1 Å². The quantitative estimate of drug-likeness (QED) is 0.470. The SMILES string of the molecule is COc1ccc(CCNC(=O)CSc2nc(-c3ccc(Cl)cc3)cs2)cc1OC. The number of hydrogen-bond acceptors (Lipinski definition) is 6. The molecule has 1 N–H and O–H groups in total. The van der Waals surface area contributed by atoms with Crippen LogP contribution < -0.4 is 14.8 Å². The molecule has 0 aliphatic carbocycles. The molecule has 0 atom stereocenters. The van der Waals surface area contributed by atoms with Crippen molar-refractivity contribution in [2.75, 3.05) is 26.5 Å². The fourth-order valence-corrected chi connectivity index (χ4v) is 4.43. The monoisotopic (exact) mass is 448 g/mol. The van der Waals surface area contributed by atoms with Gasteiger partial charge in [-0.1, -0.05) is 41.6 Å². The van der Waals surface area contributed by atoms with Crippen LogP contribution in [-0.2, 0) is 11.2 Å². The molecule has 3 rings (SSSR count). The molecular formula is C21H21ClN2O3S2. The van der Waals surface area contributed by atoms with Crippen LogP contribution in [0.25, 0.3) is 11.3 Å². The van der Waals surface area contributed by atoms with Crippen LogP contribution in [0.15, 0.2) is 52.2 Å². The van der Waals surface area contributed by atoms with E-state index in [0.717, 1.165) is 21.2 Å². The van der Waals surface area contributed by atoms with Crippen molar-refractivity contribution in [3.63, 3.8) is 0 Å². The Kier molecular flexibility index (Phi) is 7.80. The van der Waals surface area contributed by atoms with E-state index >= 15 is 0 Å². The van der Waals surface area contributed by atoms with Gasteiger partial charge in [-0.15, -0.1) is 11.3 Å². The number of hydrogen-bond donors (Lipinski definition) is 1. The molecule has 29 heavy (non-hydrogen) atoms. The predicted molar refractivity (Wildman–Crippen MR) is 120 cm³/mol. The van der Waals surface area contributed by atoms with Crippen LogP contribution in [0.4, 0.5) is 0 Å². The van der Waals surface area contributed by atoms with Crippen LogP contribution in [0.2, 0.25) is 5.02 Å². The van der Waals surface area contributed by atoms with Gasteiger partial charge >= 0.3 is 0 Å². The summed E-state index contributed by atoms with van der Waals surface area (Å²) < 4.78 is 11.4. The number of thioether (sulfide) groups is 1. The van der Waals surface area contributed by atoms with E-state index in [2.05, 4.69) is 10.3 Å². The lowest BCUT2D eigenvalue weighted by Crippen LogP contribution is -2.27. The highest BCUT2D eigenvalue weighted by molar-refractivity contribution is 8.01. The number of carbonyl (C=O) groups excluding carboxylic acids is 1. The highest BCUT2D eigenvalue weighted by Crippen LogP contribution is 2.29. The number of ether oxygens (including phenoxy) is 2. The van der Waals surface area contributed by atoms with Crippen molar-refractivity contribution in [3.8, 4) is 22.8 Å². The Labute approximate surface area is 183 Å². The number of thiazole rings is 1. The molecule has 0 aliphatic rings. The molecule has 1 aromatic heterocycles. The van der Waals surface area contributed by atoms with Gasteiger partial charge in [-0.3, -0.25) is 4.79 Å². The molecular weight excluding hydrogens is 428 g/mol. The standard InChI is InChI=1S/C21H21ClN2O3S2/c1-26-18-8-3-14(11-19(18)27-2)9-10-23-20(25)13-29-21-24-17(12-28-21)15-4-6-16(22)7-5-15/h3-8,11-12H,9-10,13H2,1-2H3,(H,23,25). The molecule has 2 aromatic carbocycles. The van der Waals surface area contributed by atoms with Crippen molar-refractivity contribution in [2.24, 2.45) is 0 Å². The van der Waals surface area contributed by atoms with Crippen molar-refractivity contribution in [1.29, 1.82) is 0 Å². The maximum atomic E-state index is 12.1. The van der Waals surface area contributed by atoms with E-state index in [1.807, 2.05) is 47.8 Å². The first-order valence-corrected chi connectivity index (χ1v) is 11.1. The number of rotatable bonds is 9. The molecule has 0 saturated heterocycles. The number of carbonyl (C=O) groups is 1. The minimum atomic E-state index is -0.0151. The van der Waals surface area contributed by atoms with E-state index < -0.39 is 0 Å². The van der Waals surface area contributed by atoms with Crippen molar-refractivity contribution >= 4 is 40.6 Å². The van der Waals surface area contributed by atoms with Gasteiger partial charge in [0.2, 0.25) is 5.91 Å². The third-order valence-electron chi connectivity index (χ3n) is 4.13. The van der Waals surface area contributed by atoms with Gasteiger partial charge in [-0.05, 0) is 36.2 Å². The Bertz CT molecular complexity index is 961. The van der Waals surface area contributed by atoms with Crippen molar-refractivity contribution in [2.45, 2.75) is 10.8 Å². The fraction of sp³-hybridized carbons (Fsp3) is 0.238. The summed E-state index contributed by atoms with van der Waals surface area (Å²) in [6, 6.07) is 13.3. The normalized spacial score (nSPS) is 10.6. The van der Waals surface area contributed by atoms with Crippen molar-refractivity contribution in [3.05, 3.63) is 58.4 Å². The summed E-state index contributed by atoms with van der Waals surface area (Å²) in [6.45, 7) is 0.558. The number of nitrogens with zero attached hydrogens (tertiary/aromatic N) is 1. The first kappa shape index (κ1) is 21.5. The van der Waals surface area contributed by atoms with E-state index in [4.69, 9.17) is 21.1 Å². The van der Waals surface area contributed by atoms with Gasteiger partial charge in [0.15, 0.2) is 15.8 Å². The second kappa shape index (κ2) is 10.5. The van der Waals surface area contributed by atoms with Crippen LogP contribution in [0, 0.1) is 0 Å². The molecule has 0 aliphatic heterocycles. The number of methoxy groups -OCH3 is 2. The van der Waals surface area contributed by atoms with Gasteiger partial charge in [-0.2, -0.15) is 0 Å². The van der Waals surface area contributed by atoms with Gasteiger partial charge in [0, 0.05) is 22.5 Å². The number of aromatic nitrogens is 1. The summed E-state index contributed by atoms with van der Waals surface area (Å²) in [5.41, 5.74) is 2.98. The summed E-state index contributed by atoms with van der Waals surface area (Å²) in [6.07, 6.45) is 0.717. The predicted octanol–water partition coefficient (Wildman–Crippen LogP) is 4.93. The third-order valence-corrected chi connectivity index (χ3v) is 6.41. The van der Waals surface area contributed by atoms with Crippen molar-refractivity contribution in [1.82, 2.24) is 10.3 Å². The first-order valence-electron chi connectivity index (χ1n) is 8.91. The van der Waals surface area contributed by atoms with Gasteiger partial charge in [0.25, 0.3) is 0 Å². The molecule has 0 unspecified atom stereocenters. The molecule has 0 spiro atoms. The van der Waals surface area contributed by atoms with Crippen LogP contribution in [-0.4, -0.2) is 37.4 Å². The Morgan fingerprint density at radius 3 is 2.62 bits per heavy atom. The van der Waals surface area contributed by atoms with Crippen LogP contribution in [0.1, 0.15) is 5.56 Å². The highest BCUT2D eigenvalue weighted by atomic mass is 35.5. The van der Waals surface area contributed by atoms with Crippen LogP contribution >= 0.6 is 34.7 Å². The molecule has 8 heteroatoms. The summed E-state index contributed by atoms with van der Waals surface area (Å²) in [5, 5.41) is 5.63. The van der Waals surface area contributed by atoms with Crippen LogP contribution in [0.3, 0.4) is 0 Å². The molecule has 0 radical (unpaired) electrons. The zero-order valence-corrected chi connectivity index (χ0v) is 18.5. The minimum Gasteiger partial charge on any atom is -0.493 e. The van der Waals surface area contributed by atoms with Gasteiger partial charge in [-0.25, -0.2) is 4.98 Å².